The van der Waals surface area contributed by atoms with Crippen LogP contribution in [0.4, 0.5) is 17.1 Å². The normalized spacial score (nSPS) is 11.7. The van der Waals surface area contributed by atoms with Gasteiger partial charge >= 0.3 is 0 Å². The first-order valence-electron chi connectivity index (χ1n) is 22.3. The summed E-state index contributed by atoms with van der Waals surface area (Å²) in [7, 11) is 0. The quantitative estimate of drug-likeness (QED) is 0.151. The maximum Gasteiger partial charge on any atom is 0.0497 e. The Morgan fingerprint density at radius 2 is 0.484 bits per heavy atom. The molecule has 1 nitrogen and oxygen atoms in total. The maximum absolute atomic E-state index is 2.55. The highest BCUT2D eigenvalue weighted by Crippen LogP contribution is 2.47. The van der Waals surface area contributed by atoms with Gasteiger partial charge in [0.05, 0.1) is 0 Å². The van der Waals surface area contributed by atoms with Crippen LogP contribution in [0.25, 0.3) is 98.0 Å². The lowest BCUT2D eigenvalue weighted by Crippen LogP contribution is -2.14. The molecule has 302 valence electrons. The van der Waals surface area contributed by atoms with E-state index in [1.54, 1.807) is 0 Å². The first-order valence-corrected chi connectivity index (χ1v) is 22.3. The Morgan fingerprint density at radius 3 is 0.781 bits per heavy atom. The molecule has 64 heavy (non-hydrogen) atoms. The molecule has 1 heteroatoms. The van der Waals surface area contributed by atoms with Gasteiger partial charge in [-0.15, -0.1) is 0 Å². The molecular weight excluding hydrogens is 771 g/mol. The average molecular weight is 816 g/mol. The minimum atomic E-state index is 1.15. The lowest BCUT2D eigenvalue weighted by molar-refractivity contribution is 1.21. The molecule has 0 fully saturated rings. The van der Waals surface area contributed by atoms with E-state index in [2.05, 4.69) is 244 Å². The summed E-state index contributed by atoms with van der Waals surface area (Å²) in [6.07, 6.45) is 0. The van der Waals surface area contributed by atoms with E-state index in [-0.39, 0.29) is 0 Å². The molecule has 12 aromatic carbocycles. The Labute approximate surface area is 374 Å². The summed E-state index contributed by atoms with van der Waals surface area (Å²) in [6.45, 7) is 6.78. The van der Waals surface area contributed by atoms with Gasteiger partial charge in [-0.25, -0.2) is 0 Å². The molecule has 0 bridgehead atoms. The number of rotatable bonds is 6. The molecule has 0 atom stereocenters. The summed E-state index contributed by atoms with van der Waals surface area (Å²) in [4.78, 5) is 2.55. The number of aryl methyl sites for hydroxylation is 3. The van der Waals surface area contributed by atoms with Crippen LogP contribution in [0.2, 0.25) is 0 Å². The van der Waals surface area contributed by atoms with Crippen LogP contribution < -0.4 is 4.90 Å². The Kier molecular flexibility index (Phi) is 8.91. The highest BCUT2D eigenvalue weighted by Gasteiger charge is 2.23. The standard InChI is InChI=1S/C63H45N/c1-40-28-31-46(58-34-43-16-4-7-19-49(43)52-22-10-13-25-55(52)58)37-61(40)64(62-38-47(32-29-41(62)2)59-35-44-17-5-8-20-50(44)53-23-11-14-26-56(53)59)63-39-48(33-30-42(63)3)60-36-45-18-6-9-21-51(45)54-24-12-15-27-57(54)60/h4-39H,1-3H3. The van der Waals surface area contributed by atoms with Crippen molar-refractivity contribution in [2.45, 2.75) is 20.8 Å². The van der Waals surface area contributed by atoms with Crippen molar-refractivity contribution in [1.82, 2.24) is 0 Å². The monoisotopic (exact) mass is 815 g/mol. The lowest BCUT2D eigenvalue weighted by atomic mass is 9.91. The molecule has 0 N–H and O–H groups in total. The van der Waals surface area contributed by atoms with Crippen molar-refractivity contribution >= 4 is 81.7 Å². The van der Waals surface area contributed by atoms with Crippen molar-refractivity contribution in [1.29, 1.82) is 0 Å². The fraction of sp³-hybridized carbons (Fsp3) is 0.0476. The third-order valence-corrected chi connectivity index (χ3v) is 13.6. The number of anilines is 3. The van der Waals surface area contributed by atoms with E-state index in [0.717, 1.165) is 17.1 Å². The van der Waals surface area contributed by atoms with Gasteiger partial charge < -0.3 is 4.90 Å². The Hall–Kier alpha value is -8.00. The van der Waals surface area contributed by atoms with Crippen molar-refractivity contribution in [2.24, 2.45) is 0 Å². The molecule has 12 rings (SSSR count). The predicted molar refractivity (Wildman–Crippen MR) is 277 cm³/mol. The second kappa shape index (κ2) is 15.1. The van der Waals surface area contributed by atoms with Crippen LogP contribution in [0.3, 0.4) is 0 Å². The number of hydrogen-bond acceptors (Lipinski definition) is 1. The molecule has 0 aliphatic carbocycles. The maximum atomic E-state index is 2.55. The van der Waals surface area contributed by atoms with E-state index >= 15 is 0 Å². The molecule has 0 unspecified atom stereocenters. The van der Waals surface area contributed by atoms with E-state index < -0.39 is 0 Å². The lowest BCUT2D eigenvalue weighted by Gasteiger charge is -2.31. The largest absolute Gasteiger partial charge is 0.310 e. The summed E-state index contributed by atoms with van der Waals surface area (Å²) >= 11 is 0. The van der Waals surface area contributed by atoms with E-state index in [1.807, 2.05) is 0 Å². The molecule has 0 aliphatic rings. The summed E-state index contributed by atoms with van der Waals surface area (Å²) < 4.78 is 0. The molecule has 0 radical (unpaired) electrons. The van der Waals surface area contributed by atoms with Gasteiger partial charge in [0.1, 0.15) is 0 Å². The van der Waals surface area contributed by atoms with Crippen LogP contribution in [0.1, 0.15) is 16.7 Å². The van der Waals surface area contributed by atoms with E-state index in [4.69, 9.17) is 0 Å². The van der Waals surface area contributed by atoms with Gasteiger partial charge in [0.2, 0.25) is 0 Å². The fourth-order valence-electron chi connectivity index (χ4n) is 10.3. The zero-order valence-corrected chi connectivity index (χ0v) is 36.2. The molecule has 0 aliphatic heterocycles. The summed E-state index contributed by atoms with van der Waals surface area (Å²) in [5, 5.41) is 15.1. The molecule has 12 aromatic rings. The first-order chi connectivity index (χ1) is 31.5. The van der Waals surface area contributed by atoms with Gasteiger partial charge in [-0.3, -0.25) is 0 Å². The number of fused-ring (bicyclic) bond motifs is 9. The van der Waals surface area contributed by atoms with Gasteiger partial charge in [0.25, 0.3) is 0 Å². The Bertz CT molecular complexity index is 3430. The molecule has 0 saturated heterocycles. The Morgan fingerprint density at radius 1 is 0.234 bits per heavy atom. The van der Waals surface area contributed by atoms with Crippen molar-refractivity contribution < 1.29 is 0 Å². The minimum Gasteiger partial charge on any atom is -0.310 e. The first kappa shape index (κ1) is 37.7. The van der Waals surface area contributed by atoms with Crippen molar-refractivity contribution in [3.05, 3.63) is 235 Å². The van der Waals surface area contributed by atoms with Crippen LogP contribution in [-0.4, -0.2) is 0 Å². The third kappa shape index (κ3) is 6.15. The smallest absolute Gasteiger partial charge is 0.0497 e. The molecule has 0 heterocycles. The van der Waals surface area contributed by atoms with Gasteiger partial charge in [0.15, 0.2) is 0 Å². The third-order valence-electron chi connectivity index (χ3n) is 13.6. The molecule has 0 saturated carbocycles. The zero-order chi connectivity index (χ0) is 42.9. The van der Waals surface area contributed by atoms with Crippen molar-refractivity contribution in [3.63, 3.8) is 0 Å². The summed E-state index contributed by atoms with van der Waals surface area (Å²) in [5.74, 6) is 0. The van der Waals surface area contributed by atoms with Gasteiger partial charge in [-0.05, 0) is 172 Å². The zero-order valence-electron chi connectivity index (χ0n) is 36.2. The molecule has 0 aromatic heterocycles. The van der Waals surface area contributed by atoms with Crippen LogP contribution in [0.15, 0.2) is 218 Å². The van der Waals surface area contributed by atoms with Crippen LogP contribution in [-0.2, 0) is 0 Å². The molecule has 0 amide bonds. The van der Waals surface area contributed by atoms with E-state index in [0.29, 0.717) is 0 Å². The predicted octanol–water partition coefficient (Wildman–Crippen LogP) is 18.0. The summed E-state index contributed by atoms with van der Waals surface area (Å²) in [6, 6.07) is 81.2. The minimum absolute atomic E-state index is 1.15. The van der Waals surface area contributed by atoms with Gasteiger partial charge in [-0.1, -0.05) is 182 Å². The topological polar surface area (TPSA) is 3.24 Å². The van der Waals surface area contributed by atoms with Crippen molar-refractivity contribution in [3.8, 4) is 33.4 Å². The van der Waals surface area contributed by atoms with Crippen LogP contribution in [0.5, 0.6) is 0 Å². The highest BCUT2D eigenvalue weighted by molar-refractivity contribution is 6.16. The van der Waals surface area contributed by atoms with Crippen molar-refractivity contribution in [2.75, 3.05) is 4.90 Å². The second-order valence-electron chi connectivity index (χ2n) is 17.4. The van der Waals surface area contributed by atoms with Gasteiger partial charge in [-0.2, -0.15) is 0 Å². The number of nitrogens with zero attached hydrogens (tertiary/aromatic N) is 1. The molecular formula is C63H45N. The van der Waals surface area contributed by atoms with E-state index in [9.17, 15) is 0 Å². The van der Waals surface area contributed by atoms with Gasteiger partial charge in [0, 0.05) is 17.1 Å². The van der Waals surface area contributed by atoms with Crippen LogP contribution >= 0.6 is 0 Å². The highest BCUT2D eigenvalue weighted by atomic mass is 15.1. The Balaban J connectivity index is 1.13. The fourth-order valence-corrected chi connectivity index (χ4v) is 10.3. The average Bonchev–Trinajstić information content (AvgIpc) is 3.35. The number of hydrogen-bond donors (Lipinski definition) is 0. The SMILES string of the molecule is Cc1ccc(-c2cc3ccccc3c3ccccc23)cc1N(c1cc(-c2cc3ccccc3c3ccccc23)ccc1C)c1cc(-c2cc3ccccc3c3ccccc23)ccc1C. The molecule has 0 spiro atoms. The summed E-state index contributed by atoms with van der Waals surface area (Å²) in [5.41, 5.74) is 14.3. The van der Waals surface area contributed by atoms with Crippen LogP contribution in [0, 0.1) is 20.8 Å². The second-order valence-corrected chi connectivity index (χ2v) is 17.4. The number of benzene rings is 12. The van der Waals surface area contributed by atoms with E-state index in [1.165, 1.54) is 115 Å².